The summed E-state index contributed by atoms with van der Waals surface area (Å²) in [6.45, 7) is 0. The van der Waals surface area contributed by atoms with E-state index in [4.69, 9.17) is 0 Å². The summed E-state index contributed by atoms with van der Waals surface area (Å²) in [7, 11) is -3.40. The lowest BCUT2D eigenvalue weighted by Crippen LogP contribution is -2.17. The number of halogens is 3. The number of rotatable bonds is 4. The van der Waals surface area contributed by atoms with Crippen LogP contribution in [0.2, 0.25) is 0 Å². The molecule has 0 atom stereocenters. The van der Waals surface area contributed by atoms with Gasteiger partial charge in [-0.05, 0) is 47.5 Å². The first kappa shape index (κ1) is 21.5. The normalized spacial score (nSPS) is 13.2. The fourth-order valence-electron chi connectivity index (χ4n) is 3.23. The standard InChI is InChI=1S/C21H16F3N3O4S/c1-32(29,30)27-14-5-2-12(3-6-14)13-4-8-17-16(10-13)20(28)26-19-11-15(31-21(22,23)24)7-9-18(19)25-17/h2-11,25,27H,1H3,(H,26,28). The Morgan fingerprint density at radius 3 is 2.16 bits per heavy atom. The summed E-state index contributed by atoms with van der Waals surface area (Å²) in [5.41, 5.74) is 3.15. The topological polar surface area (TPSA) is 96.5 Å². The molecule has 166 valence electrons. The number of carbonyl (C=O) groups is 1. The molecule has 3 aromatic rings. The molecule has 3 N–H and O–H groups in total. The van der Waals surface area contributed by atoms with Gasteiger partial charge in [0.15, 0.2) is 0 Å². The molecule has 0 fully saturated rings. The lowest BCUT2D eigenvalue weighted by atomic mass is 10.0. The van der Waals surface area contributed by atoms with Gasteiger partial charge in [-0.15, -0.1) is 13.2 Å². The van der Waals surface area contributed by atoms with Crippen LogP contribution in [-0.4, -0.2) is 26.9 Å². The van der Waals surface area contributed by atoms with Crippen LogP contribution in [0.15, 0.2) is 60.7 Å². The fourth-order valence-corrected chi connectivity index (χ4v) is 3.80. The Balaban J connectivity index is 1.62. The van der Waals surface area contributed by atoms with Gasteiger partial charge >= 0.3 is 6.36 Å². The Kier molecular flexibility index (Phi) is 5.21. The molecular weight excluding hydrogens is 447 g/mol. The number of carbonyl (C=O) groups excluding carboxylic acids is 1. The highest BCUT2D eigenvalue weighted by molar-refractivity contribution is 7.92. The maximum absolute atomic E-state index is 12.8. The quantitative estimate of drug-likeness (QED) is 0.510. The largest absolute Gasteiger partial charge is 0.573 e. The molecule has 1 aliphatic rings. The van der Waals surface area contributed by atoms with Crippen LogP contribution in [0.5, 0.6) is 5.75 Å². The van der Waals surface area contributed by atoms with E-state index in [0.717, 1.165) is 24.0 Å². The predicted molar refractivity (Wildman–Crippen MR) is 115 cm³/mol. The van der Waals surface area contributed by atoms with Crippen LogP contribution in [0.4, 0.5) is 35.9 Å². The lowest BCUT2D eigenvalue weighted by molar-refractivity contribution is -0.274. The van der Waals surface area contributed by atoms with Crippen molar-refractivity contribution in [3.05, 3.63) is 66.2 Å². The average molecular weight is 463 g/mol. The number of hydrogen-bond donors (Lipinski definition) is 3. The van der Waals surface area contributed by atoms with Crippen molar-refractivity contribution in [1.82, 2.24) is 0 Å². The zero-order valence-corrected chi connectivity index (χ0v) is 17.3. The van der Waals surface area contributed by atoms with E-state index in [1.807, 2.05) is 0 Å². The van der Waals surface area contributed by atoms with Crippen molar-refractivity contribution in [2.45, 2.75) is 6.36 Å². The highest BCUT2D eigenvalue weighted by Gasteiger charge is 2.31. The molecule has 11 heteroatoms. The van der Waals surface area contributed by atoms with Crippen molar-refractivity contribution >= 4 is 38.7 Å². The number of ether oxygens (including phenoxy) is 1. The minimum absolute atomic E-state index is 0.144. The average Bonchev–Trinajstić information content (AvgIpc) is 2.81. The number of benzene rings is 3. The zero-order chi connectivity index (χ0) is 23.1. The van der Waals surface area contributed by atoms with E-state index in [9.17, 15) is 26.4 Å². The summed E-state index contributed by atoms with van der Waals surface area (Å²) >= 11 is 0. The fraction of sp³-hybridized carbons (Fsp3) is 0.0952. The predicted octanol–water partition coefficient (Wildman–Crippen LogP) is 4.93. The van der Waals surface area contributed by atoms with Gasteiger partial charge in [-0.1, -0.05) is 18.2 Å². The minimum Gasteiger partial charge on any atom is -0.406 e. The van der Waals surface area contributed by atoms with Crippen molar-refractivity contribution in [3.63, 3.8) is 0 Å². The molecule has 0 aromatic heterocycles. The molecule has 0 spiro atoms. The number of anilines is 4. The number of sulfonamides is 1. The van der Waals surface area contributed by atoms with Crippen molar-refractivity contribution in [2.24, 2.45) is 0 Å². The highest BCUT2D eigenvalue weighted by Crippen LogP contribution is 2.37. The third-order valence-corrected chi connectivity index (χ3v) is 5.13. The molecule has 0 saturated carbocycles. The molecule has 1 amide bonds. The first-order valence-corrected chi connectivity index (χ1v) is 11.1. The van der Waals surface area contributed by atoms with Gasteiger partial charge in [-0.3, -0.25) is 9.52 Å². The number of alkyl halides is 3. The summed E-state index contributed by atoms with van der Waals surface area (Å²) < 4.78 is 66.5. The van der Waals surface area contributed by atoms with E-state index in [0.29, 0.717) is 22.6 Å². The maximum Gasteiger partial charge on any atom is 0.573 e. The van der Waals surface area contributed by atoms with Crippen LogP contribution in [0.25, 0.3) is 11.1 Å². The SMILES string of the molecule is CS(=O)(=O)Nc1ccc(-c2ccc3c(c2)C(=O)Nc2cc(OC(F)(F)F)ccc2N3)cc1. The van der Waals surface area contributed by atoms with Gasteiger partial charge in [0.1, 0.15) is 5.75 Å². The third-order valence-electron chi connectivity index (χ3n) is 4.53. The van der Waals surface area contributed by atoms with E-state index in [1.54, 1.807) is 42.5 Å². The number of hydrogen-bond acceptors (Lipinski definition) is 5. The molecule has 0 saturated heterocycles. The van der Waals surface area contributed by atoms with Gasteiger partial charge in [0.25, 0.3) is 5.91 Å². The van der Waals surface area contributed by atoms with Crippen molar-refractivity contribution in [1.29, 1.82) is 0 Å². The number of nitrogens with one attached hydrogen (secondary N) is 3. The summed E-state index contributed by atoms with van der Waals surface area (Å²) in [5.74, 6) is -0.958. The molecule has 0 unspecified atom stereocenters. The van der Waals surface area contributed by atoms with Crippen molar-refractivity contribution < 1.29 is 31.1 Å². The maximum atomic E-state index is 12.8. The first-order chi connectivity index (χ1) is 15.0. The molecule has 32 heavy (non-hydrogen) atoms. The lowest BCUT2D eigenvalue weighted by Gasteiger charge is -2.13. The second kappa shape index (κ2) is 7.75. The number of amides is 1. The van der Waals surface area contributed by atoms with Gasteiger partial charge in [-0.25, -0.2) is 8.42 Å². The summed E-state index contributed by atoms with van der Waals surface area (Å²) in [6, 6.07) is 15.3. The van der Waals surface area contributed by atoms with E-state index < -0.39 is 28.0 Å². The summed E-state index contributed by atoms with van der Waals surface area (Å²) in [5, 5.41) is 5.63. The summed E-state index contributed by atoms with van der Waals surface area (Å²) in [6.07, 6.45) is -3.80. The van der Waals surface area contributed by atoms with Crippen LogP contribution in [-0.2, 0) is 10.0 Å². The third kappa shape index (κ3) is 4.94. The van der Waals surface area contributed by atoms with Gasteiger partial charge < -0.3 is 15.4 Å². The van der Waals surface area contributed by atoms with Crippen LogP contribution in [0.3, 0.4) is 0 Å². The van der Waals surface area contributed by atoms with E-state index >= 15 is 0 Å². The molecule has 4 rings (SSSR count). The Bertz CT molecular complexity index is 1310. The highest BCUT2D eigenvalue weighted by atomic mass is 32.2. The van der Waals surface area contributed by atoms with Crippen LogP contribution in [0.1, 0.15) is 10.4 Å². The van der Waals surface area contributed by atoms with Gasteiger partial charge in [0, 0.05) is 11.8 Å². The van der Waals surface area contributed by atoms with E-state index in [-0.39, 0.29) is 11.3 Å². The minimum atomic E-state index is -4.85. The van der Waals surface area contributed by atoms with Crippen molar-refractivity contribution in [3.8, 4) is 16.9 Å². The molecule has 7 nitrogen and oxygen atoms in total. The zero-order valence-electron chi connectivity index (χ0n) is 16.4. The Morgan fingerprint density at radius 2 is 1.50 bits per heavy atom. The molecule has 1 aliphatic heterocycles. The van der Waals surface area contributed by atoms with Gasteiger partial charge in [0.2, 0.25) is 10.0 Å². The molecular formula is C21H16F3N3O4S. The Morgan fingerprint density at radius 1 is 0.844 bits per heavy atom. The number of fused-ring (bicyclic) bond motifs is 2. The molecule has 0 radical (unpaired) electrons. The van der Waals surface area contributed by atoms with E-state index in [1.165, 1.54) is 6.07 Å². The van der Waals surface area contributed by atoms with Crippen LogP contribution < -0.4 is 20.1 Å². The smallest absolute Gasteiger partial charge is 0.406 e. The van der Waals surface area contributed by atoms with Gasteiger partial charge in [0.05, 0.1) is 28.9 Å². The Hall–Kier alpha value is -3.73. The molecule has 3 aromatic carbocycles. The monoisotopic (exact) mass is 463 g/mol. The second-order valence-corrected chi connectivity index (χ2v) is 8.79. The van der Waals surface area contributed by atoms with Crippen molar-refractivity contribution in [2.75, 3.05) is 21.6 Å². The second-order valence-electron chi connectivity index (χ2n) is 7.05. The molecule has 1 heterocycles. The van der Waals surface area contributed by atoms with Crippen LogP contribution in [0, 0.1) is 0 Å². The van der Waals surface area contributed by atoms with Gasteiger partial charge in [-0.2, -0.15) is 0 Å². The Labute approximate surface area is 181 Å². The molecule has 0 bridgehead atoms. The van der Waals surface area contributed by atoms with Crippen LogP contribution >= 0.6 is 0 Å². The first-order valence-electron chi connectivity index (χ1n) is 9.17. The van der Waals surface area contributed by atoms with E-state index in [2.05, 4.69) is 20.1 Å². The summed E-state index contributed by atoms with van der Waals surface area (Å²) in [4.78, 5) is 12.8. The molecule has 0 aliphatic carbocycles.